The van der Waals surface area contributed by atoms with Gasteiger partial charge in [0.25, 0.3) is 0 Å². The Morgan fingerprint density at radius 1 is 0.769 bits per heavy atom. The SMILES string of the molecule is COc1ccc(OC)c2cc3c(cc12)CCCC3(C)/C=C/O[Si](c1ccccc1)(c1ccccc1)C(C)(C)C. The van der Waals surface area contributed by atoms with Crippen molar-refractivity contribution in [2.75, 3.05) is 14.2 Å². The Morgan fingerprint density at radius 3 is 1.82 bits per heavy atom. The molecule has 0 saturated heterocycles. The lowest BCUT2D eigenvalue weighted by Crippen LogP contribution is -2.65. The van der Waals surface area contributed by atoms with Gasteiger partial charge in [-0.1, -0.05) is 88.4 Å². The number of allylic oxidation sites excluding steroid dienone is 1. The Morgan fingerprint density at radius 2 is 1.31 bits per heavy atom. The van der Waals surface area contributed by atoms with Gasteiger partial charge in [-0.3, -0.25) is 0 Å². The van der Waals surface area contributed by atoms with Gasteiger partial charge in [-0.2, -0.15) is 0 Å². The van der Waals surface area contributed by atoms with Crippen LogP contribution in [-0.2, 0) is 16.3 Å². The lowest BCUT2D eigenvalue weighted by Gasteiger charge is -2.42. The molecule has 0 spiro atoms. The highest BCUT2D eigenvalue weighted by Gasteiger charge is 2.51. The van der Waals surface area contributed by atoms with E-state index in [4.69, 9.17) is 13.9 Å². The predicted molar refractivity (Wildman–Crippen MR) is 165 cm³/mol. The van der Waals surface area contributed by atoms with Crippen molar-refractivity contribution in [3.05, 3.63) is 108 Å². The van der Waals surface area contributed by atoms with Gasteiger partial charge in [-0.25, -0.2) is 0 Å². The van der Waals surface area contributed by atoms with Gasteiger partial charge < -0.3 is 13.9 Å². The van der Waals surface area contributed by atoms with E-state index in [1.165, 1.54) is 21.5 Å². The average molecular weight is 537 g/mol. The highest BCUT2D eigenvalue weighted by molar-refractivity contribution is 6.99. The first-order valence-electron chi connectivity index (χ1n) is 13.9. The Kier molecular flexibility index (Phi) is 7.34. The van der Waals surface area contributed by atoms with Crippen LogP contribution in [0.3, 0.4) is 0 Å². The van der Waals surface area contributed by atoms with E-state index >= 15 is 0 Å². The molecule has 0 N–H and O–H groups in total. The molecule has 5 rings (SSSR count). The fourth-order valence-electron chi connectivity index (χ4n) is 6.41. The molecule has 4 heteroatoms. The number of benzene rings is 4. The van der Waals surface area contributed by atoms with Gasteiger partial charge in [0.1, 0.15) is 11.5 Å². The summed E-state index contributed by atoms with van der Waals surface area (Å²) in [6.07, 6.45) is 7.59. The van der Waals surface area contributed by atoms with Gasteiger partial charge in [0.15, 0.2) is 0 Å². The van der Waals surface area contributed by atoms with E-state index in [0.29, 0.717) is 0 Å². The molecule has 0 amide bonds. The first-order valence-corrected chi connectivity index (χ1v) is 15.8. The van der Waals surface area contributed by atoms with Crippen LogP contribution in [-0.4, -0.2) is 22.5 Å². The summed E-state index contributed by atoms with van der Waals surface area (Å²) in [7, 11) is 0.813. The number of aryl methyl sites for hydroxylation is 1. The molecule has 0 aromatic heterocycles. The van der Waals surface area contributed by atoms with Gasteiger partial charge in [-0.15, -0.1) is 0 Å². The molecule has 202 valence electrons. The number of methoxy groups -OCH3 is 2. The Hall–Kier alpha value is -3.50. The second-order valence-corrected chi connectivity index (χ2v) is 16.1. The molecule has 4 aromatic rings. The van der Waals surface area contributed by atoms with E-state index in [1.807, 2.05) is 18.4 Å². The number of hydrogen-bond acceptors (Lipinski definition) is 3. The van der Waals surface area contributed by atoms with Crippen LogP contribution in [0, 0.1) is 0 Å². The third kappa shape index (κ3) is 4.76. The second-order valence-electron chi connectivity index (χ2n) is 11.9. The molecule has 0 saturated carbocycles. The van der Waals surface area contributed by atoms with Crippen molar-refractivity contribution >= 4 is 29.5 Å². The molecule has 1 aliphatic carbocycles. The summed E-state index contributed by atoms with van der Waals surface area (Å²) in [4.78, 5) is 0. The monoisotopic (exact) mass is 536 g/mol. The van der Waals surface area contributed by atoms with Gasteiger partial charge in [0.05, 0.1) is 20.5 Å². The minimum absolute atomic E-state index is 0.0778. The Bertz CT molecular complexity index is 1430. The van der Waals surface area contributed by atoms with Crippen LogP contribution in [0.5, 0.6) is 11.5 Å². The molecule has 0 aliphatic heterocycles. The molecule has 1 aliphatic rings. The summed E-state index contributed by atoms with van der Waals surface area (Å²) in [5.74, 6) is 1.75. The zero-order valence-electron chi connectivity index (χ0n) is 24.1. The van der Waals surface area contributed by atoms with Gasteiger partial charge in [0.2, 0.25) is 0 Å². The normalized spacial score (nSPS) is 17.7. The fraction of sp³-hybridized carbons (Fsp3) is 0.314. The molecule has 3 nitrogen and oxygen atoms in total. The highest BCUT2D eigenvalue weighted by Crippen LogP contribution is 2.44. The van der Waals surface area contributed by atoms with Gasteiger partial charge in [-0.05, 0) is 76.1 Å². The van der Waals surface area contributed by atoms with Crippen LogP contribution in [0.15, 0.2) is 97.3 Å². The van der Waals surface area contributed by atoms with E-state index in [1.54, 1.807) is 14.2 Å². The quantitative estimate of drug-likeness (QED) is 0.180. The van der Waals surface area contributed by atoms with Crippen molar-refractivity contribution in [2.24, 2.45) is 0 Å². The molecule has 0 bridgehead atoms. The first-order chi connectivity index (χ1) is 18.7. The zero-order chi connectivity index (χ0) is 27.7. The van der Waals surface area contributed by atoms with Crippen LogP contribution < -0.4 is 19.8 Å². The maximum atomic E-state index is 7.13. The smallest absolute Gasteiger partial charge is 0.319 e. The molecular weight excluding hydrogens is 496 g/mol. The topological polar surface area (TPSA) is 27.7 Å². The summed E-state index contributed by atoms with van der Waals surface area (Å²) in [6, 6.07) is 30.2. The van der Waals surface area contributed by atoms with Crippen molar-refractivity contribution in [3.63, 3.8) is 0 Å². The van der Waals surface area contributed by atoms with Gasteiger partial charge in [0, 0.05) is 16.2 Å². The van der Waals surface area contributed by atoms with Crippen molar-refractivity contribution < 1.29 is 13.9 Å². The summed E-state index contributed by atoms with van der Waals surface area (Å²) in [5, 5.41) is 4.68. The van der Waals surface area contributed by atoms with Crippen molar-refractivity contribution in [1.82, 2.24) is 0 Å². The standard InChI is InChI=1S/C35H40O3Si/c1-34(2,3)39(27-15-9-7-10-16-27,28-17-11-8-12-18-28)38-23-22-35(4)21-13-14-26-24-29-30(25-31(26)35)33(37-6)20-19-32(29)36-5/h7-12,15-20,22-25H,13-14,21H2,1-6H3/b23-22+. The summed E-state index contributed by atoms with van der Waals surface area (Å²) in [5.41, 5.74) is 2.56. The molecule has 0 fully saturated rings. The number of rotatable bonds is 7. The summed E-state index contributed by atoms with van der Waals surface area (Å²) < 4.78 is 18.6. The minimum Gasteiger partial charge on any atom is -0.540 e. The fourth-order valence-corrected chi connectivity index (χ4v) is 10.7. The molecule has 1 unspecified atom stereocenters. The predicted octanol–water partition coefficient (Wildman–Crippen LogP) is 7.54. The zero-order valence-corrected chi connectivity index (χ0v) is 25.1. The number of hydrogen-bond donors (Lipinski definition) is 0. The maximum absolute atomic E-state index is 7.13. The Balaban J connectivity index is 1.61. The first kappa shape index (κ1) is 27.1. The van der Waals surface area contributed by atoms with E-state index in [0.717, 1.165) is 41.5 Å². The molecule has 4 aromatic carbocycles. The van der Waals surface area contributed by atoms with Crippen LogP contribution in [0.1, 0.15) is 51.7 Å². The Labute approximate surface area is 234 Å². The summed E-state index contributed by atoms with van der Waals surface area (Å²) in [6.45, 7) is 9.29. The van der Waals surface area contributed by atoms with Crippen molar-refractivity contribution in [2.45, 2.75) is 57.4 Å². The van der Waals surface area contributed by atoms with E-state index in [-0.39, 0.29) is 10.5 Å². The van der Waals surface area contributed by atoms with E-state index in [2.05, 4.69) is 107 Å². The number of ether oxygens (including phenoxy) is 2. The van der Waals surface area contributed by atoms with Crippen LogP contribution in [0.25, 0.3) is 10.8 Å². The molecule has 0 radical (unpaired) electrons. The average Bonchev–Trinajstić information content (AvgIpc) is 2.94. The van der Waals surface area contributed by atoms with Crippen LogP contribution in [0.4, 0.5) is 0 Å². The summed E-state index contributed by atoms with van der Waals surface area (Å²) >= 11 is 0. The number of fused-ring (bicyclic) bond motifs is 2. The maximum Gasteiger partial charge on any atom is 0.319 e. The van der Waals surface area contributed by atoms with Crippen molar-refractivity contribution in [1.29, 1.82) is 0 Å². The van der Waals surface area contributed by atoms with E-state index < -0.39 is 8.32 Å². The minimum atomic E-state index is -2.65. The lowest BCUT2D eigenvalue weighted by molar-refractivity contribution is 0.409. The highest BCUT2D eigenvalue weighted by atomic mass is 28.4. The molecular formula is C35H40O3Si. The second kappa shape index (κ2) is 10.6. The third-order valence-corrected chi connectivity index (χ3v) is 13.4. The van der Waals surface area contributed by atoms with Crippen LogP contribution >= 0.6 is 0 Å². The molecule has 1 atom stereocenters. The molecule has 0 heterocycles. The lowest BCUT2D eigenvalue weighted by atomic mass is 9.70. The molecule has 39 heavy (non-hydrogen) atoms. The van der Waals surface area contributed by atoms with Crippen LogP contribution in [0.2, 0.25) is 5.04 Å². The van der Waals surface area contributed by atoms with Crippen molar-refractivity contribution in [3.8, 4) is 11.5 Å². The van der Waals surface area contributed by atoms with E-state index in [9.17, 15) is 0 Å². The third-order valence-electron chi connectivity index (χ3n) is 8.46. The largest absolute Gasteiger partial charge is 0.540 e. The van der Waals surface area contributed by atoms with Gasteiger partial charge >= 0.3 is 8.32 Å².